The summed E-state index contributed by atoms with van der Waals surface area (Å²) >= 11 is 0. The Balaban J connectivity index is 3.08. The van der Waals surface area contributed by atoms with Crippen LogP contribution in [0, 0.1) is 6.92 Å². The molecular weight excluding hydrogens is 281 g/mol. The third-order valence-electron chi connectivity index (χ3n) is 2.35. The zero-order valence-electron chi connectivity index (χ0n) is 10.8. The molecule has 1 rings (SSSR count). The minimum Gasteiger partial charge on any atom is -0.382 e. The number of rotatable bonds is 4. The van der Waals surface area contributed by atoms with Crippen molar-refractivity contribution in [2.45, 2.75) is 32.9 Å². The Morgan fingerprint density at radius 1 is 1.26 bits per heavy atom. The van der Waals surface area contributed by atoms with Crippen LogP contribution in [0.15, 0.2) is 18.2 Å². The Hall–Kier alpha value is -1.24. The summed E-state index contributed by atoms with van der Waals surface area (Å²) in [7, 11) is -4.69. The molecule has 1 aromatic carbocycles. The minimum atomic E-state index is -4.82. The first-order valence-electron chi connectivity index (χ1n) is 5.59. The summed E-state index contributed by atoms with van der Waals surface area (Å²) in [4.78, 5) is 0. The van der Waals surface area contributed by atoms with Gasteiger partial charge in [0, 0.05) is 0 Å². The van der Waals surface area contributed by atoms with Gasteiger partial charge in [-0.3, -0.25) is 0 Å². The molecule has 0 aliphatic heterocycles. The van der Waals surface area contributed by atoms with E-state index in [9.17, 15) is 21.6 Å². The highest BCUT2D eigenvalue weighted by Crippen LogP contribution is 2.29. The molecular formula is C12H15F3O3S. The highest BCUT2D eigenvalue weighted by Gasteiger charge is 2.36. The molecule has 0 bridgehead atoms. The van der Waals surface area contributed by atoms with E-state index in [1.165, 1.54) is 6.07 Å². The number of hydrogen-bond donors (Lipinski definition) is 0. The molecule has 7 heteroatoms. The lowest BCUT2D eigenvalue weighted by atomic mass is 10.0. The molecule has 0 radical (unpaired) electrons. The van der Waals surface area contributed by atoms with Crippen LogP contribution in [0.1, 0.15) is 30.9 Å². The second-order valence-corrected chi connectivity index (χ2v) is 6.17. The van der Waals surface area contributed by atoms with Crippen LogP contribution in [0.2, 0.25) is 0 Å². The maximum Gasteiger partial charge on any atom is 0.406 e. The average Bonchev–Trinajstić information content (AvgIpc) is 2.11. The van der Waals surface area contributed by atoms with E-state index in [2.05, 4.69) is 4.18 Å². The Morgan fingerprint density at radius 2 is 1.84 bits per heavy atom. The van der Waals surface area contributed by atoms with Crippen molar-refractivity contribution >= 4 is 10.1 Å². The van der Waals surface area contributed by atoms with Gasteiger partial charge in [0.2, 0.25) is 0 Å². The van der Waals surface area contributed by atoms with E-state index in [1.54, 1.807) is 32.9 Å². The van der Waals surface area contributed by atoms with E-state index >= 15 is 0 Å². The fourth-order valence-corrected chi connectivity index (χ4v) is 2.44. The van der Waals surface area contributed by atoms with E-state index in [0.717, 1.165) is 0 Å². The predicted octanol–water partition coefficient (Wildman–Crippen LogP) is 3.39. The van der Waals surface area contributed by atoms with Crippen molar-refractivity contribution < 1.29 is 25.8 Å². The third-order valence-corrected chi connectivity index (χ3v) is 3.46. The number of halogens is 3. The van der Waals surface area contributed by atoms with Crippen molar-refractivity contribution in [3.05, 3.63) is 29.3 Å². The van der Waals surface area contributed by atoms with Crippen LogP contribution < -0.4 is 4.18 Å². The summed E-state index contributed by atoms with van der Waals surface area (Å²) in [5, 5.41) is 0. The number of alkyl halides is 3. The first-order chi connectivity index (χ1) is 8.50. The lowest BCUT2D eigenvalue weighted by Crippen LogP contribution is -2.26. The first kappa shape index (κ1) is 15.8. The number of benzene rings is 1. The molecule has 3 nitrogen and oxygen atoms in total. The molecule has 1 aromatic rings. The lowest BCUT2D eigenvalue weighted by Gasteiger charge is -2.15. The quantitative estimate of drug-likeness (QED) is 0.800. The van der Waals surface area contributed by atoms with Gasteiger partial charge in [0.25, 0.3) is 0 Å². The summed E-state index contributed by atoms with van der Waals surface area (Å²) in [5.41, 5.74) is 1.26. The second-order valence-electron chi connectivity index (χ2n) is 4.60. The summed E-state index contributed by atoms with van der Waals surface area (Å²) in [6.07, 6.45) is -4.82. The standard InChI is InChI=1S/C12H15F3O3S/c1-8(2)10-5-4-9(3)6-11(10)18-19(16,17)7-12(13,14)15/h4-6,8H,7H2,1-3H3. The first-order valence-corrected chi connectivity index (χ1v) is 7.17. The van der Waals surface area contributed by atoms with Crippen molar-refractivity contribution in [1.82, 2.24) is 0 Å². The van der Waals surface area contributed by atoms with Gasteiger partial charge in [0.1, 0.15) is 5.75 Å². The van der Waals surface area contributed by atoms with Crippen LogP contribution in [-0.4, -0.2) is 20.3 Å². The zero-order chi connectivity index (χ0) is 14.8. The smallest absolute Gasteiger partial charge is 0.382 e. The van der Waals surface area contributed by atoms with Crippen molar-refractivity contribution in [1.29, 1.82) is 0 Å². The van der Waals surface area contributed by atoms with Crippen molar-refractivity contribution in [2.24, 2.45) is 0 Å². The maximum absolute atomic E-state index is 12.1. The van der Waals surface area contributed by atoms with Crippen LogP contribution in [0.25, 0.3) is 0 Å². The van der Waals surface area contributed by atoms with E-state index in [4.69, 9.17) is 0 Å². The Labute approximate surface area is 110 Å². The molecule has 0 aromatic heterocycles. The molecule has 0 unspecified atom stereocenters. The molecule has 0 N–H and O–H groups in total. The maximum atomic E-state index is 12.1. The molecule has 0 spiro atoms. The van der Waals surface area contributed by atoms with Gasteiger partial charge in [-0.2, -0.15) is 21.6 Å². The Morgan fingerprint density at radius 3 is 2.32 bits per heavy atom. The number of aryl methyl sites for hydroxylation is 1. The molecule has 19 heavy (non-hydrogen) atoms. The fraction of sp³-hybridized carbons (Fsp3) is 0.500. The monoisotopic (exact) mass is 296 g/mol. The molecule has 0 aliphatic rings. The van der Waals surface area contributed by atoms with E-state index in [0.29, 0.717) is 11.1 Å². The van der Waals surface area contributed by atoms with Crippen molar-refractivity contribution in [2.75, 3.05) is 5.75 Å². The highest BCUT2D eigenvalue weighted by molar-refractivity contribution is 7.87. The van der Waals surface area contributed by atoms with Crippen LogP contribution >= 0.6 is 0 Å². The van der Waals surface area contributed by atoms with Crippen LogP contribution in [0.5, 0.6) is 5.75 Å². The lowest BCUT2D eigenvalue weighted by molar-refractivity contribution is -0.107. The second kappa shape index (κ2) is 5.40. The van der Waals surface area contributed by atoms with Crippen LogP contribution in [0.4, 0.5) is 13.2 Å². The molecule has 0 aliphatic carbocycles. The summed E-state index contributed by atoms with van der Waals surface area (Å²) < 4.78 is 63.7. The van der Waals surface area contributed by atoms with Gasteiger partial charge >= 0.3 is 16.3 Å². The van der Waals surface area contributed by atoms with Gasteiger partial charge in [-0.15, -0.1) is 0 Å². The average molecular weight is 296 g/mol. The molecule has 0 saturated carbocycles. The zero-order valence-corrected chi connectivity index (χ0v) is 11.6. The van der Waals surface area contributed by atoms with Crippen molar-refractivity contribution in [3.63, 3.8) is 0 Å². The van der Waals surface area contributed by atoms with Crippen LogP contribution in [0.3, 0.4) is 0 Å². The van der Waals surface area contributed by atoms with Gasteiger partial charge in [0.15, 0.2) is 5.75 Å². The van der Waals surface area contributed by atoms with Gasteiger partial charge in [-0.25, -0.2) is 0 Å². The van der Waals surface area contributed by atoms with Crippen LogP contribution in [-0.2, 0) is 10.1 Å². The molecule has 108 valence electrons. The fourth-order valence-electron chi connectivity index (χ4n) is 1.56. The minimum absolute atomic E-state index is 0.0424. The van der Waals surface area contributed by atoms with Gasteiger partial charge < -0.3 is 4.18 Å². The van der Waals surface area contributed by atoms with E-state index in [-0.39, 0.29) is 11.7 Å². The molecule has 0 atom stereocenters. The normalized spacial score (nSPS) is 12.8. The van der Waals surface area contributed by atoms with E-state index in [1.807, 2.05) is 0 Å². The summed E-state index contributed by atoms with van der Waals surface area (Å²) in [5.74, 6) is -2.10. The summed E-state index contributed by atoms with van der Waals surface area (Å²) in [6.45, 7) is 5.30. The van der Waals surface area contributed by atoms with Gasteiger partial charge in [0.05, 0.1) is 0 Å². The molecule has 0 amide bonds. The van der Waals surface area contributed by atoms with Gasteiger partial charge in [-0.05, 0) is 30.0 Å². The largest absolute Gasteiger partial charge is 0.406 e. The Kier molecular flexibility index (Phi) is 4.50. The SMILES string of the molecule is Cc1ccc(C(C)C)c(OS(=O)(=O)CC(F)(F)F)c1. The Bertz CT molecular complexity index is 548. The topological polar surface area (TPSA) is 43.4 Å². The van der Waals surface area contributed by atoms with E-state index < -0.39 is 22.0 Å². The van der Waals surface area contributed by atoms with Crippen molar-refractivity contribution in [3.8, 4) is 5.75 Å². The van der Waals surface area contributed by atoms with Gasteiger partial charge in [-0.1, -0.05) is 26.0 Å². The predicted molar refractivity (Wildman–Crippen MR) is 65.7 cm³/mol. The molecule has 0 saturated heterocycles. The number of hydrogen-bond acceptors (Lipinski definition) is 3. The molecule has 0 heterocycles. The third kappa shape index (κ3) is 5.10. The molecule has 0 fully saturated rings. The highest BCUT2D eigenvalue weighted by atomic mass is 32.2. The summed E-state index contributed by atoms with van der Waals surface area (Å²) in [6, 6.07) is 4.82.